The molecule has 1 aromatic heterocycles. The maximum Gasteiger partial charge on any atom is 0.229 e. The quantitative estimate of drug-likeness (QED) is 0.750. The van der Waals surface area contributed by atoms with E-state index >= 15 is 0 Å². The standard InChI is InChI=1S/C15H15FN4O/c16-10-8-9(3-4-11(10)17)20-12-2-1-7-19-13(12)15(5-6-15)14(18)21/h1-4,7-8,20H,5-6,17H2,(H2,18,21). The molecule has 1 amide bonds. The van der Waals surface area contributed by atoms with Gasteiger partial charge in [0.25, 0.3) is 0 Å². The highest BCUT2D eigenvalue weighted by Crippen LogP contribution is 2.49. The van der Waals surface area contributed by atoms with Crippen LogP contribution in [0.3, 0.4) is 0 Å². The number of amides is 1. The third-order valence-corrected chi connectivity index (χ3v) is 3.76. The second-order valence-electron chi connectivity index (χ2n) is 5.21. The zero-order valence-electron chi connectivity index (χ0n) is 11.3. The fraction of sp³-hybridized carbons (Fsp3) is 0.200. The molecular weight excluding hydrogens is 271 g/mol. The summed E-state index contributed by atoms with van der Waals surface area (Å²) in [6, 6.07) is 7.99. The lowest BCUT2D eigenvalue weighted by Crippen LogP contribution is -2.29. The van der Waals surface area contributed by atoms with Crippen molar-refractivity contribution < 1.29 is 9.18 Å². The lowest BCUT2D eigenvalue weighted by atomic mass is 9.99. The monoisotopic (exact) mass is 286 g/mol. The van der Waals surface area contributed by atoms with Crippen molar-refractivity contribution >= 4 is 23.0 Å². The van der Waals surface area contributed by atoms with Gasteiger partial charge in [0, 0.05) is 11.9 Å². The number of nitrogens with two attached hydrogens (primary N) is 2. The van der Waals surface area contributed by atoms with E-state index in [0.717, 1.165) is 0 Å². The number of halogens is 1. The van der Waals surface area contributed by atoms with Gasteiger partial charge in [0.15, 0.2) is 0 Å². The fourth-order valence-electron chi connectivity index (χ4n) is 2.37. The van der Waals surface area contributed by atoms with Crippen molar-refractivity contribution in [3.8, 4) is 0 Å². The van der Waals surface area contributed by atoms with Crippen LogP contribution in [0.15, 0.2) is 36.5 Å². The Morgan fingerprint density at radius 3 is 2.71 bits per heavy atom. The molecule has 0 bridgehead atoms. The minimum absolute atomic E-state index is 0.0859. The van der Waals surface area contributed by atoms with Gasteiger partial charge in [-0.25, -0.2) is 4.39 Å². The van der Waals surface area contributed by atoms with E-state index in [-0.39, 0.29) is 11.6 Å². The summed E-state index contributed by atoms with van der Waals surface area (Å²) in [7, 11) is 0. The van der Waals surface area contributed by atoms with E-state index in [4.69, 9.17) is 11.5 Å². The molecular formula is C15H15FN4O. The van der Waals surface area contributed by atoms with E-state index in [2.05, 4.69) is 10.3 Å². The van der Waals surface area contributed by atoms with Crippen molar-refractivity contribution in [2.45, 2.75) is 18.3 Å². The molecule has 0 atom stereocenters. The van der Waals surface area contributed by atoms with Crippen LogP contribution in [0.4, 0.5) is 21.5 Å². The molecule has 0 spiro atoms. The largest absolute Gasteiger partial charge is 0.396 e. The third-order valence-electron chi connectivity index (χ3n) is 3.76. The minimum atomic E-state index is -0.698. The van der Waals surface area contributed by atoms with Crippen molar-refractivity contribution in [1.29, 1.82) is 0 Å². The Labute approximate surface area is 121 Å². The Morgan fingerprint density at radius 2 is 2.10 bits per heavy atom. The first-order valence-corrected chi connectivity index (χ1v) is 6.60. The van der Waals surface area contributed by atoms with Crippen LogP contribution in [0.25, 0.3) is 0 Å². The van der Waals surface area contributed by atoms with Gasteiger partial charge in [-0.05, 0) is 43.2 Å². The van der Waals surface area contributed by atoms with Gasteiger partial charge in [-0.2, -0.15) is 0 Å². The van der Waals surface area contributed by atoms with Crippen LogP contribution in [-0.2, 0) is 10.2 Å². The molecule has 2 aromatic rings. The highest BCUT2D eigenvalue weighted by Gasteiger charge is 2.52. The van der Waals surface area contributed by atoms with Crippen LogP contribution in [0.5, 0.6) is 0 Å². The predicted molar refractivity (Wildman–Crippen MR) is 78.4 cm³/mol. The Morgan fingerprint density at radius 1 is 1.33 bits per heavy atom. The number of anilines is 3. The van der Waals surface area contributed by atoms with Crippen molar-refractivity contribution in [3.05, 3.63) is 48.0 Å². The van der Waals surface area contributed by atoms with Gasteiger partial charge in [-0.15, -0.1) is 0 Å². The number of nitrogen functional groups attached to an aromatic ring is 1. The number of hydrogen-bond acceptors (Lipinski definition) is 4. The average Bonchev–Trinajstić information content (AvgIpc) is 3.25. The average molecular weight is 286 g/mol. The Balaban J connectivity index is 1.96. The second-order valence-corrected chi connectivity index (χ2v) is 5.21. The number of hydrogen-bond donors (Lipinski definition) is 3. The van der Waals surface area contributed by atoms with Crippen molar-refractivity contribution in [3.63, 3.8) is 0 Å². The molecule has 0 aliphatic heterocycles. The topological polar surface area (TPSA) is 94.0 Å². The molecule has 5 nitrogen and oxygen atoms in total. The van der Waals surface area contributed by atoms with Crippen LogP contribution in [-0.4, -0.2) is 10.9 Å². The first kappa shape index (κ1) is 13.4. The van der Waals surface area contributed by atoms with Crippen molar-refractivity contribution in [2.75, 3.05) is 11.1 Å². The van der Waals surface area contributed by atoms with Crippen molar-refractivity contribution in [2.24, 2.45) is 5.73 Å². The number of nitrogens with zero attached hydrogens (tertiary/aromatic N) is 1. The van der Waals surface area contributed by atoms with Gasteiger partial charge in [0.2, 0.25) is 5.91 Å². The molecule has 0 radical (unpaired) electrons. The molecule has 1 heterocycles. The molecule has 3 rings (SSSR count). The summed E-state index contributed by atoms with van der Waals surface area (Å²) in [4.78, 5) is 16.0. The number of pyridine rings is 1. The molecule has 108 valence electrons. The highest BCUT2D eigenvalue weighted by atomic mass is 19.1. The summed E-state index contributed by atoms with van der Waals surface area (Å²) in [6.45, 7) is 0. The highest BCUT2D eigenvalue weighted by molar-refractivity contribution is 5.91. The molecule has 0 unspecified atom stereocenters. The molecule has 21 heavy (non-hydrogen) atoms. The summed E-state index contributed by atoms with van der Waals surface area (Å²) < 4.78 is 13.5. The molecule has 5 N–H and O–H groups in total. The van der Waals surface area contributed by atoms with E-state index in [9.17, 15) is 9.18 Å². The smallest absolute Gasteiger partial charge is 0.229 e. The number of carbonyl (C=O) groups is 1. The Bertz CT molecular complexity index is 713. The van der Waals surface area contributed by atoms with Crippen LogP contribution in [0.2, 0.25) is 0 Å². The van der Waals surface area contributed by atoms with Gasteiger partial charge in [-0.1, -0.05) is 0 Å². The molecule has 6 heteroatoms. The van der Waals surface area contributed by atoms with Gasteiger partial charge >= 0.3 is 0 Å². The SMILES string of the molecule is NC(=O)C1(c2ncccc2Nc2ccc(N)c(F)c2)CC1. The van der Waals surface area contributed by atoms with Crippen LogP contribution in [0, 0.1) is 5.82 Å². The first-order chi connectivity index (χ1) is 10.0. The fourth-order valence-corrected chi connectivity index (χ4v) is 2.37. The van der Waals surface area contributed by atoms with Gasteiger partial charge in [0.05, 0.1) is 22.5 Å². The molecule has 1 aliphatic carbocycles. The molecule has 1 fully saturated rings. The second kappa shape index (κ2) is 4.73. The summed E-state index contributed by atoms with van der Waals surface area (Å²) in [5.74, 6) is -0.880. The summed E-state index contributed by atoms with van der Waals surface area (Å²) in [5, 5.41) is 3.08. The number of benzene rings is 1. The van der Waals surface area contributed by atoms with E-state index in [1.165, 1.54) is 12.1 Å². The van der Waals surface area contributed by atoms with Crippen LogP contribution < -0.4 is 16.8 Å². The van der Waals surface area contributed by atoms with Gasteiger partial charge < -0.3 is 16.8 Å². The third kappa shape index (κ3) is 2.29. The maximum absolute atomic E-state index is 13.5. The Hall–Kier alpha value is -2.63. The zero-order valence-corrected chi connectivity index (χ0v) is 11.3. The molecule has 1 saturated carbocycles. The number of rotatable bonds is 4. The maximum atomic E-state index is 13.5. The van der Waals surface area contributed by atoms with E-state index < -0.39 is 11.2 Å². The van der Waals surface area contributed by atoms with Crippen LogP contribution >= 0.6 is 0 Å². The number of nitrogens with one attached hydrogen (secondary N) is 1. The number of primary amides is 1. The lowest BCUT2D eigenvalue weighted by Gasteiger charge is -2.16. The normalized spacial score (nSPS) is 15.5. The molecule has 0 saturated heterocycles. The summed E-state index contributed by atoms with van der Waals surface area (Å²) >= 11 is 0. The lowest BCUT2D eigenvalue weighted by molar-refractivity contribution is -0.120. The Kier molecular flexibility index (Phi) is 3.01. The summed E-state index contributed by atoms with van der Waals surface area (Å²) in [6.07, 6.45) is 2.99. The van der Waals surface area contributed by atoms with Gasteiger partial charge in [-0.3, -0.25) is 9.78 Å². The van der Waals surface area contributed by atoms with E-state index in [1.54, 1.807) is 24.4 Å². The predicted octanol–water partition coefficient (Wildman–Crippen LogP) is 2.06. The molecule has 1 aliphatic rings. The minimum Gasteiger partial charge on any atom is -0.396 e. The number of carbonyl (C=O) groups excluding carboxylic acids is 1. The van der Waals surface area contributed by atoms with Crippen molar-refractivity contribution in [1.82, 2.24) is 4.98 Å². The first-order valence-electron chi connectivity index (χ1n) is 6.60. The zero-order chi connectivity index (χ0) is 15.0. The van der Waals surface area contributed by atoms with E-state index in [1.807, 2.05) is 0 Å². The number of aromatic nitrogens is 1. The van der Waals surface area contributed by atoms with Crippen LogP contribution in [0.1, 0.15) is 18.5 Å². The van der Waals surface area contributed by atoms with E-state index in [0.29, 0.717) is 29.9 Å². The summed E-state index contributed by atoms with van der Waals surface area (Å²) in [5.41, 5.74) is 12.1. The van der Waals surface area contributed by atoms with Gasteiger partial charge in [0.1, 0.15) is 5.82 Å². The molecule has 1 aromatic carbocycles.